The number of methoxy groups -OCH3 is 1. The predicted molar refractivity (Wildman–Crippen MR) is 77.7 cm³/mol. The molecule has 0 radical (unpaired) electrons. The highest BCUT2D eigenvalue weighted by Crippen LogP contribution is 2.26. The maximum absolute atomic E-state index is 5.44. The largest absolute Gasteiger partial charge is 0.382 e. The van der Waals surface area contributed by atoms with Crippen molar-refractivity contribution in [3.05, 3.63) is 28.2 Å². The number of hydrogen-bond donors (Lipinski definition) is 1. The van der Waals surface area contributed by atoms with E-state index in [1.807, 2.05) is 0 Å². The fourth-order valence-electron chi connectivity index (χ4n) is 1.87. The van der Waals surface area contributed by atoms with E-state index in [9.17, 15) is 0 Å². The highest BCUT2D eigenvalue weighted by Gasteiger charge is 2.20. The number of rotatable bonds is 5. The summed E-state index contributed by atoms with van der Waals surface area (Å²) < 4.78 is 6.55. The van der Waals surface area contributed by atoms with Crippen LogP contribution in [0.1, 0.15) is 32.8 Å². The van der Waals surface area contributed by atoms with E-state index in [1.165, 1.54) is 5.56 Å². The number of nitrogens with one attached hydrogen (secondary N) is 1. The monoisotopic (exact) mass is 299 g/mol. The molecule has 1 aromatic carbocycles. The van der Waals surface area contributed by atoms with Crippen LogP contribution >= 0.6 is 15.9 Å². The second kappa shape index (κ2) is 5.87. The van der Waals surface area contributed by atoms with Crippen LogP contribution in [0.15, 0.2) is 22.7 Å². The molecule has 0 aliphatic carbocycles. The molecule has 2 nitrogen and oxygen atoms in total. The highest BCUT2D eigenvalue weighted by molar-refractivity contribution is 9.10. The molecule has 3 heteroatoms. The van der Waals surface area contributed by atoms with Crippen LogP contribution in [0.25, 0.3) is 0 Å². The Morgan fingerprint density at radius 3 is 2.59 bits per heavy atom. The second-order valence-electron chi connectivity index (χ2n) is 5.20. The maximum Gasteiger partial charge on any atom is 0.0642 e. The predicted octanol–water partition coefficient (Wildman–Crippen LogP) is 4.37. The lowest BCUT2D eigenvalue weighted by molar-refractivity contribution is 0.0128. The lowest BCUT2D eigenvalue weighted by Crippen LogP contribution is -2.31. The van der Waals surface area contributed by atoms with Gasteiger partial charge in [-0.2, -0.15) is 0 Å². The molecule has 0 saturated carbocycles. The number of benzene rings is 1. The summed E-state index contributed by atoms with van der Waals surface area (Å²) >= 11 is 3.58. The first-order valence-electron chi connectivity index (χ1n) is 5.92. The molecule has 1 N–H and O–H groups in total. The molecule has 0 saturated heterocycles. The first kappa shape index (κ1) is 14.5. The maximum atomic E-state index is 5.44. The second-order valence-corrected chi connectivity index (χ2v) is 6.05. The molecular formula is C14H22BrNO. The van der Waals surface area contributed by atoms with Crippen molar-refractivity contribution in [1.29, 1.82) is 0 Å². The van der Waals surface area contributed by atoms with Gasteiger partial charge in [0.05, 0.1) is 5.60 Å². The molecule has 0 aliphatic rings. The third-order valence-corrected chi connectivity index (χ3v) is 3.53. The summed E-state index contributed by atoms with van der Waals surface area (Å²) in [6.07, 6.45) is 0.962. The van der Waals surface area contributed by atoms with Gasteiger partial charge in [-0.25, -0.2) is 0 Å². The Morgan fingerprint density at radius 2 is 2.06 bits per heavy atom. The summed E-state index contributed by atoms with van der Waals surface area (Å²) in [7, 11) is 1.76. The zero-order valence-electron chi connectivity index (χ0n) is 11.3. The Hall–Kier alpha value is -0.540. The van der Waals surface area contributed by atoms with Gasteiger partial charge in [-0.1, -0.05) is 6.07 Å². The molecular weight excluding hydrogens is 278 g/mol. The van der Waals surface area contributed by atoms with Crippen LogP contribution in [0.4, 0.5) is 5.69 Å². The summed E-state index contributed by atoms with van der Waals surface area (Å²) in [5, 5.41) is 3.50. The molecule has 0 amide bonds. The van der Waals surface area contributed by atoms with Crippen LogP contribution < -0.4 is 5.32 Å². The Balaban J connectivity index is 2.65. The Morgan fingerprint density at radius 1 is 1.41 bits per heavy atom. The fraction of sp³-hybridized carbons (Fsp3) is 0.571. The van der Waals surface area contributed by atoms with Crippen molar-refractivity contribution in [2.45, 2.75) is 45.8 Å². The van der Waals surface area contributed by atoms with E-state index in [4.69, 9.17) is 4.74 Å². The van der Waals surface area contributed by atoms with E-state index in [-0.39, 0.29) is 5.60 Å². The SMILES string of the molecule is COC(C)(C)CC(C)Nc1ccc(C)cc1Br. The van der Waals surface area contributed by atoms with Gasteiger partial charge in [-0.05, 0) is 67.7 Å². The summed E-state index contributed by atoms with van der Waals surface area (Å²) in [6, 6.07) is 6.71. The van der Waals surface area contributed by atoms with Gasteiger partial charge in [0, 0.05) is 23.3 Å². The Bertz CT molecular complexity index is 376. The van der Waals surface area contributed by atoms with Gasteiger partial charge < -0.3 is 10.1 Å². The first-order chi connectivity index (χ1) is 7.84. The van der Waals surface area contributed by atoms with E-state index in [0.717, 1.165) is 16.6 Å². The molecule has 0 heterocycles. The van der Waals surface area contributed by atoms with Gasteiger partial charge in [-0.3, -0.25) is 0 Å². The summed E-state index contributed by atoms with van der Waals surface area (Å²) in [5.74, 6) is 0. The number of hydrogen-bond acceptors (Lipinski definition) is 2. The zero-order chi connectivity index (χ0) is 13.1. The number of anilines is 1. The molecule has 0 spiro atoms. The minimum absolute atomic E-state index is 0.0937. The van der Waals surface area contributed by atoms with Crippen molar-refractivity contribution < 1.29 is 4.74 Å². The first-order valence-corrected chi connectivity index (χ1v) is 6.71. The normalized spacial score (nSPS) is 13.5. The molecule has 1 aromatic rings. The van der Waals surface area contributed by atoms with E-state index in [2.05, 4.69) is 67.1 Å². The molecule has 0 bridgehead atoms. The Labute approximate surface area is 113 Å². The Kier molecular flexibility index (Phi) is 5.02. The van der Waals surface area contributed by atoms with Gasteiger partial charge in [0.1, 0.15) is 0 Å². The van der Waals surface area contributed by atoms with Crippen molar-refractivity contribution in [3.8, 4) is 0 Å². The zero-order valence-corrected chi connectivity index (χ0v) is 12.9. The third kappa shape index (κ3) is 4.68. The quantitative estimate of drug-likeness (QED) is 0.871. The van der Waals surface area contributed by atoms with Crippen molar-refractivity contribution in [2.24, 2.45) is 0 Å². The number of aryl methyl sites for hydroxylation is 1. The summed E-state index contributed by atoms with van der Waals surface area (Å²) in [4.78, 5) is 0. The van der Waals surface area contributed by atoms with Gasteiger partial charge >= 0.3 is 0 Å². The van der Waals surface area contributed by atoms with Crippen molar-refractivity contribution in [2.75, 3.05) is 12.4 Å². The van der Waals surface area contributed by atoms with Gasteiger partial charge in [-0.15, -0.1) is 0 Å². The standard InChI is InChI=1S/C14H22BrNO/c1-10-6-7-13(12(15)8-10)16-11(2)9-14(3,4)17-5/h6-8,11,16H,9H2,1-5H3. The fourth-order valence-corrected chi connectivity index (χ4v) is 2.48. The smallest absolute Gasteiger partial charge is 0.0642 e. The van der Waals surface area contributed by atoms with Crippen LogP contribution in [0.5, 0.6) is 0 Å². The molecule has 1 unspecified atom stereocenters. The number of halogens is 1. The van der Waals surface area contributed by atoms with Crippen LogP contribution in [0, 0.1) is 6.92 Å². The molecule has 96 valence electrons. The average Bonchev–Trinajstić information content (AvgIpc) is 2.21. The summed E-state index contributed by atoms with van der Waals surface area (Å²) in [5.41, 5.74) is 2.30. The van der Waals surface area contributed by atoms with Crippen molar-refractivity contribution in [3.63, 3.8) is 0 Å². The van der Waals surface area contributed by atoms with E-state index >= 15 is 0 Å². The topological polar surface area (TPSA) is 21.3 Å². The average molecular weight is 300 g/mol. The molecule has 0 aliphatic heterocycles. The van der Waals surface area contributed by atoms with Crippen molar-refractivity contribution >= 4 is 21.6 Å². The van der Waals surface area contributed by atoms with E-state index in [0.29, 0.717) is 6.04 Å². The van der Waals surface area contributed by atoms with Gasteiger partial charge in [0.2, 0.25) is 0 Å². The lowest BCUT2D eigenvalue weighted by atomic mass is 9.99. The molecule has 0 aromatic heterocycles. The van der Waals surface area contributed by atoms with Crippen molar-refractivity contribution in [1.82, 2.24) is 0 Å². The van der Waals surface area contributed by atoms with Crippen LogP contribution in [0.3, 0.4) is 0 Å². The van der Waals surface area contributed by atoms with Crippen LogP contribution in [-0.2, 0) is 4.74 Å². The minimum atomic E-state index is -0.0937. The molecule has 0 fully saturated rings. The number of ether oxygens (including phenoxy) is 1. The lowest BCUT2D eigenvalue weighted by Gasteiger charge is -2.28. The van der Waals surface area contributed by atoms with Gasteiger partial charge in [0.15, 0.2) is 0 Å². The summed E-state index contributed by atoms with van der Waals surface area (Å²) in [6.45, 7) is 8.48. The van der Waals surface area contributed by atoms with Gasteiger partial charge in [0.25, 0.3) is 0 Å². The van der Waals surface area contributed by atoms with E-state index in [1.54, 1.807) is 7.11 Å². The van der Waals surface area contributed by atoms with Crippen LogP contribution in [-0.4, -0.2) is 18.8 Å². The molecule has 1 atom stereocenters. The van der Waals surface area contributed by atoms with E-state index < -0.39 is 0 Å². The minimum Gasteiger partial charge on any atom is -0.382 e. The molecule has 1 rings (SSSR count). The highest BCUT2D eigenvalue weighted by atomic mass is 79.9. The third-order valence-electron chi connectivity index (χ3n) is 2.88. The van der Waals surface area contributed by atoms with Crippen LogP contribution in [0.2, 0.25) is 0 Å². The molecule has 17 heavy (non-hydrogen) atoms.